The molecule has 1 N–H and O–H groups in total. The molecule has 2 aliphatic rings. The van der Waals surface area contributed by atoms with Crippen molar-refractivity contribution in [2.24, 2.45) is 0 Å². The monoisotopic (exact) mass is 468 g/mol. The molecule has 2 aromatic heterocycles. The predicted octanol–water partition coefficient (Wildman–Crippen LogP) is 2.43. The molecular formula is C23H28N6O3S. The predicted molar refractivity (Wildman–Crippen MR) is 125 cm³/mol. The molecule has 9 nitrogen and oxygen atoms in total. The summed E-state index contributed by atoms with van der Waals surface area (Å²) in [5, 5.41) is 11.2. The Morgan fingerprint density at radius 3 is 2.48 bits per heavy atom. The van der Waals surface area contributed by atoms with E-state index >= 15 is 0 Å². The largest absolute Gasteiger partial charge is 0.371 e. The van der Waals surface area contributed by atoms with Crippen LogP contribution >= 0.6 is 0 Å². The van der Waals surface area contributed by atoms with Gasteiger partial charge in [-0.15, -0.1) is 10.2 Å². The van der Waals surface area contributed by atoms with Gasteiger partial charge in [-0.2, -0.15) is 4.31 Å². The van der Waals surface area contributed by atoms with Crippen molar-refractivity contribution in [1.82, 2.24) is 24.2 Å². The number of hydrogen-bond acceptors (Lipinski definition) is 6. The zero-order valence-corrected chi connectivity index (χ0v) is 19.3. The number of carbonyl (C=O) groups excluding carboxylic acids is 1. The molecule has 0 spiro atoms. The topological polar surface area (TPSA) is 99.9 Å². The number of nitrogens with one attached hydrogen (secondary N) is 1. The number of nitrogens with zero attached hydrogens (tertiary/aromatic N) is 5. The second-order valence-corrected chi connectivity index (χ2v) is 10.5. The third-order valence-electron chi connectivity index (χ3n) is 6.40. The van der Waals surface area contributed by atoms with Crippen LogP contribution in [0.1, 0.15) is 48.3 Å². The van der Waals surface area contributed by atoms with Gasteiger partial charge >= 0.3 is 0 Å². The Hall–Kier alpha value is -2.98. The third-order valence-corrected chi connectivity index (χ3v) is 8.30. The van der Waals surface area contributed by atoms with Crippen molar-refractivity contribution in [1.29, 1.82) is 0 Å². The number of piperidine rings is 1. The van der Waals surface area contributed by atoms with Crippen molar-refractivity contribution in [2.75, 3.05) is 31.1 Å². The average molecular weight is 469 g/mol. The molecule has 4 heterocycles. The van der Waals surface area contributed by atoms with E-state index in [4.69, 9.17) is 0 Å². The number of aromatic nitrogens is 3. The van der Waals surface area contributed by atoms with Crippen molar-refractivity contribution < 1.29 is 13.2 Å². The van der Waals surface area contributed by atoms with Gasteiger partial charge in [0.25, 0.3) is 5.91 Å². The Kier molecular flexibility index (Phi) is 6.03. The van der Waals surface area contributed by atoms with Crippen LogP contribution in [0.3, 0.4) is 0 Å². The number of fused-ring (bicyclic) bond motifs is 1. The second-order valence-electron chi connectivity index (χ2n) is 8.57. The first-order chi connectivity index (χ1) is 16.0. The molecule has 10 heteroatoms. The van der Waals surface area contributed by atoms with Crippen molar-refractivity contribution >= 4 is 27.3 Å². The highest BCUT2D eigenvalue weighted by molar-refractivity contribution is 7.89. The summed E-state index contributed by atoms with van der Waals surface area (Å²) in [5.74, 6) is 0.291. The molecule has 0 bridgehead atoms. The summed E-state index contributed by atoms with van der Waals surface area (Å²) < 4.78 is 29.8. The van der Waals surface area contributed by atoms with Gasteiger partial charge in [-0.25, -0.2) is 8.42 Å². The number of amides is 1. The van der Waals surface area contributed by atoms with Crippen LogP contribution in [0.4, 0.5) is 5.69 Å². The van der Waals surface area contributed by atoms with Crippen molar-refractivity contribution in [3.8, 4) is 0 Å². The number of benzene rings is 1. The van der Waals surface area contributed by atoms with E-state index in [2.05, 4.69) is 20.4 Å². The van der Waals surface area contributed by atoms with E-state index in [-0.39, 0.29) is 17.3 Å². The van der Waals surface area contributed by atoms with E-state index < -0.39 is 10.0 Å². The van der Waals surface area contributed by atoms with Gasteiger partial charge in [0, 0.05) is 38.1 Å². The summed E-state index contributed by atoms with van der Waals surface area (Å²) in [6.07, 6.45) is 6.74. The molecule has 0 radical (unpaired) electrons. The van der Waals surface area contributed by atoms with Crippen molar-refractivity contribution in [2.45, 2.75) is 43.5 Å². The fourth-order valence-corrected chi connectivity index (χ4v) is 6.16. The molecule has 1 amide bonds. The average Bonchev–Trinajstić information content (AvgIpc) is 3.53. The standard InChI is InChI=1S/C23H28N6O3S/c30-23(24-17-22-26-25-21-8-2-5-15-29(21)22)19-16-18(9-10-20(19)27-11-6-7-12-27)33(31,32)28-13-3-1-4-14-28/h2,5,8-10,15-16H,1,3-4,6-7,11-14,17H2,(H,24,30). The Balaban J connectivity index is 1.44. The molecule has 174 valence electrons. The van der Waals surface area contributed by atoms with Crippen molar-refractivity contribution in [3.63, 3.8) is 0 Å². The summed E-state index contributed by atoms with van der Waals surface area (Å²) in [4.78, 5) is 15.6. The zero-order chi connectivity index (χ0) is 22.8. The van der Waals surface area contributed by atoms with Crippen LogP contribution in [0.2, 0.25) is 0 Å². The first-order valence-corrected chi connectivity index (χ1v) is 12.9. The highest BCUT2D eigenvalue weighted by atomic mass is 32.2. The van der Waals surface area contributed by atoms with E-state index in [9.17, 15) is 13.2 Å². The molecule has 0 aliphatic carbocycles. The lowest BCUT2D eigenvalue weighted by atomic mass is 10.1. The quantitative estimate of drug-likeness (QED) is 0.597. The molecular weight excluding hydrogens is 440 g/mol. The molecule has 0 saturated carbocycles. The van der Waals surface area contributed by atoms with Gasteiger partial charge in [-0.3, -0.25) is 9.20 Å². The Morgan fingerprint density at radius 1 is 0.939 bits per heavy atom. The summed E-state index contributed by atoms with van der Waals surface area (Å²) in [6.45, 7) is 2.95. The number of hydrogen-bond donors (Lipinski definition) is 1. The van der Waals surface area contributed by atoms with Crippen LogP contribution in [0.15, 0.2) is 47.5 Å². The fraction of sp³-hybridized carbons (Fsp3) is 0.435. The molecule has 2 saturated heterocycles. The lowest BCUT2D eigenvalue weighted by Gasteiger charge is -2.27. The first-order valence-electron chi connectivity index (χ1n) is 11.5. The number of sulfonamides is 1. The number of rotatable bonds is 6. The second kappa shape index (κ2) is 9.11. The number of pyridine rings is 1. The first kappa shape index (κ1) is 21.8. The highest BCUT2D eigenvalue weighted by Crippen LogP contribution is 2.29. The van der Waals surface area contributed by atoms with Gasteiger partial charge in [0.1, 0.15) is 0 Å². The SMILES string of the molecule is O=C(NCc1nnc2ccccn12)c1cc(S(=O)(=O)N2CCCCC2)ccc1N1CCCC1. The van der Waals surface area contributed by atoms with E-state index in [1.165, 1.54) is 10.4 Å². The maximum absolute atomic E-state index is 13.3. The van der Waals surface area contributed by atoms with Crippen LogP contribution < -0.4 is 10.2 Å². The van der Waals surface area contributed by atoms with Crippen LogP contribution in [-0.2, 0) is 16.6 Å². The van der Waals surface area contributed by atoms with Crippen LogP contribution in [0.25, 0.3) is 5.65 Å². The maximum Gasteiger partial charge on any atom is 0.253 e. The smallest absolute Gasteiger partial charge is 0.253 e. The van der Waals surface area contributed by atoms with Crippen molar-refractivity contribution in [3.05, 3.63) is 54.0 Å². The molecule has 5 rings (SSSR count). The summed E-state index contributed by atoms with van der Waals surface area (Å²) in [5.41, 5.74) is 1.85. The van der Waals surface area contributed by atoms with E-state index in [1.807, 2.05) is 28.8 Å². The molecule has 2 aliphatic heterocycles. The minimum Gasteiger partial charge on any atom is -0.371 e. The van der Waals surface area contributed by atoms with Crippen LogP contribution in [0, 0.1) is 0 Å². The number of carbonyl (C=O) groups is 1. The zero-order valence-electron chi connectivity index (χ0n) is 18.5. The highest BCUT2D eigenvalue weighted by Gasteiger charge is 2.28. The van der Waals surface area contributed by atoms with Gasteiger partial charge in [-0.1, -0.05) is 12.5 Å². The Labute approximate surface area is 193 Å². The van der Waals surface area contributed by atoms with Gasteiger partial charge in [-0.05, 0) is 56.0 Å². The molecule has 3 aromatic rings. The van der Waals surface area contributed by atoms with E-state index in [0.717, 1.165) is 50.9 Å². The normalized spacial score (nSPS) is 17.5. The minimum absolute atomic E-state index is 0.172. The van der Waals surface area contributed by atoms with Crippen LogP contribution in [-0.4, -0.2) is 59.4 Å². The van der Waals surface area contributed by atoms with E-state index in [1.54, 1.807) is 12.1 Å². The minimum atomic E-state index is -3.64. The van der Waals surface area contributed by atoms with Crippen LogP contribution in [0.5, 0.6) is 0 Å². The Bertz CT molecular complexity index is 1260. The fourth-order valence-electron chi connectivity index (χ4n) is 4.61. The van der Waals surface area contributed by atoms with Gasteiger partial charge < -0.3 is 10.2 Å². The molecule has 0 atom stereocenters. The maximum atomic E-state index is 13.3. The third kappa shape index (κ3) is 4.32. The van der Waals surface area contributed by atoms with Gasteiger partial charge in [0.05, 0.1) is 17.0 Å². The van der Waals surface area contributed by atoms with E-state index in [0.29, 0.717) is 30.1 Å². The molecule has 33 heavy (non-hydrogen) atoms. The lowest BCUT2D eigenvalue weighted by Crippen LogP contribution is -2.36. The summed E-state index contributed by atoms with van der Waals surface area (Å²) >= 11 is 0. The number of anilines is 1. The van der Waals surface area contributed by atoms with Gasteiger partial charge in [0.2, 0.25) is 10.0 Å². The molecule has 0 unspecified atom stereocenters. The Morgan fingerprint density at radius 2 is 1.70 bits per heavy atom. The lowest BCUT2D eigenvalue weighted by molar-refractivity contribution is 0.0950. The summed E-state index contributed by atoms with van der Waals surface area (Å²) in [6, 6.07) is 10.6. The molecule has 1 aromatic carbocycles. The van der Waals surface area contributed by atoms with Gasteiger partial charge in [0.15, 0.2) is 11.5 Å². The summed E-state index contributed by atoms with van der Waals surface area (Å²) in [7, 11) is -3.64. The molecule has 2 fully saturated rings.